The summed E-state index contributed by atoms with van der Waals surface area (Å²) in [5.41, 5.74) is 0.513. The summed E-state index contributed by atoms with van der Waals surface area (Å²) in [5, 5.41) is 11.5. The van der Waals surface area contributed by atoms with Crippen LogP contribution in [0.4, 0.5) is 10.1 Å². The largest absolute Gasteiger partial charge is 0.507 e. The highest BCUT2D eigenvalue weighted by molar-refractivity contribution is 6.51. The predicted molar refractivity (Wildman–Crippen MR) is 120 cm³/mol. The molecule has 1 aromatic heterocycles. The van der Waals surface area contributed by atoms with Crippen molar-refractivity contribution in [1.82, 2.24) is 4.98 Å². The number of carbonyl (C=O) groups excluding carboxylic acids is 2. The van der Waals surface area contributed by atoms with E-state index in [1.165, 1.54) is 61.7 Å². The fraction of sp³-hybridized carbons (Fsp3) is 0.125. The SMILES string of the molecule is COc1cc(/C(O)=C2\C(=O)C(=O)N(c3ccc(F)cc3)C2c2ccccn2)c(OC)cc1Cl. The Morgan fingerprint density at radius 3 is 2.36 bits per heavy atom. The van der Waals surface area contributed by atoms with Crippen LogP contribution in [0.5, 0.6) is 11.5 Å². The molecule has 168 valence electrons. The summed E-state index contributed by atoms with van der Waals surface area (Å²) in [6.45, 7) is 0. The first kappa shape index (κ1) is 22.3. The van der Waals surface area contributed by atoms with Crippen LogP contribution < -0.4 is 14.4 Å². The molecule has 3 aromatic rings. The van der Waals surface area contributed by atoms with Crippen LogP contribution in [0.3, 0.4) is 0 Å². The van der Waals surface area contributed by atoms with Gasteiger partial charge in [-0.05, 0) is 42.5 Å². The van der Waals surface area contributed by atoms with Crippen LogP contribution in [0, 0.1) is 5.82 Å². The first-order valence-corrected chi connectivity index (χ1v) is 10.1. The van der Waals surface area contributed by atoms with Crippen molar-refractivity contribution in [3.63, 3.8) is 0 Å². The lowest BCUT2D eigenvalue weighted by atomic mass is 9.97. The monoisotopic (exact) mass is 468 g/mol. The molecule has 7 nitrogen and oxygen atoms in total. The Bertz CT molecular complexity index is 1260. The summed E-state index contributed by atoms with van der Waals surface area (Å²) in [4.78, 5) is 31.7. The number of amides is 1. The lowest BCUT2D eigenvalue weighted by Crippen LogP contribution is -2.29. The normalized spacial score (nSPS) is 17.3. The molecular formula is C24H18ClFN2O5. The van der Waals surface area contributed by atoms with E-state index in [4.69, 9.17) is 21.1 Å². The van der Waals surface area contributed by atoms with Gasteiger partial charge in [-0.15, -0.1) is 0 Å². The third-order valence-electron chi connectivity index (χ3n) is 5.25. The van der Waals surface area contributed by atoms with Gasteiger partial charge < -0.3 is 14.6 Å². The number of rotatable bonds is 5. The van der Waals surface area contributed by atoms with Crippen molar-refractivity contribution in [2.45, 2.75) is 6.04 Å². The van der Waals surface area contributed by atoms with Crippen LogP contribution >= 0.6 is 11.6 Å². The van der Waals surface area contributed by atoms with Gasteiger partial charge >= 0.3 is 0 Å². The summed E-state index contributed by atoms with van der Waals surface area (Å²) < 4.78 is 24.1. The highest BCUT2D eigenvalue weighted by atomic mass is 35.5. The minimum Gasteiger partial charge on any atom is -0.507 e. The first-order valence-electron chi connectivity index (χ1n) is 9.76. The van der Waals surface area contributed by atoms with E-state index < -0.39 is 29.3 Å². The molecule has 9 heteroatoms. The zero-order chi connectivity index (χ0) is 23.7. The average molecular weight is 469 g/mol. The van der Waals surface area contributed by atoms with E-state index in [-0.39, 0.29) is 33.3 Å². The van der Waals surface area contributed by atoms with Gasteiger partial charge in [0, 0.05) is 18.0 Å². The van der Waals surface area contributed by atoms with Gasteiger partial charge in [-0.1, -0.05) is 17.7 Å². The minimum atomic E-state index is -1.07. The maximum atomic E-state index is 13.5. The molecule has 1 aliphatic rings. The van der Waals surface area contributed by atoms with Crippen molar-refractivity contribution in [1.29, 1.82) is 0 Å². The lowest BCUT2D eigenvalue weighted by Gasteiger charge is -2.24. The van der Waals surface area contributed by atoms with Gasteiger partial charge in [0.05, 0.1) is 36.1 Å². The van der Waals surface area contributed by atoms with Crippen molar-refractivity contribution >= 4 is 34.7 Å². The molecule has 1 atom stereocenters. The number of methoxy groups -OCH3 is 2. The molecule has 2 heterocycles. The third-order valence-corrected chi connectivity index (χ3v) is 5.54. The molecule has 1 fully saturated rings. The molecule has 0 radical (unpaired) electrons. The van der Waals surface area contributed by atoms with Crippen molar-refractivity contribution in [3.8, 4) is 11.5 Å². The summed E-state index contributed by atoms with van der Waals surface area (Å²) >= 11 is 6.16. The second-order valence-electron chi connectivity index (χ2n) is 7.09. The average Bonchev–Trinajstić information content (AvgIpc) is 3.10. The molecule has 33 heavy (non-hydrogen) atoms. The molecule has 0 bridgehead atoms. The number of aromatic nitrogens is 1. The number of carbonyl (C=O) groups is 2. The molecule has 1 aliphatic heterocycles. The predicted octanol–water partition coefficient (Wildman–Crippen LogP) is 4.52. The number of hydrogen-bond donors (Lipinski definition) is 1. The second kappa shape index (κ2) is 8.91. The van der Waals surface area contributed by atoms with Gasteiger partial charge in [0.25, 0.3) is 11.7 Å². The Hall–Kier alpha value is -3.91. The van der Waals surface area contributed by atoms with E-state index in [2.05, 4.69) is 4.98 Å². The first-order chi connectivity index (χ1) is 15.9. The van der Waals surface area contributed by atoms with Crippen molar-refractivity contribution in [2.75, 3.05) is 19.1 Å². The number of Topliss-reactive ketones (excluding diaryl/α,β-unsaturated/α-hetero) is 1. The number of benzene rings is 2. The molecule has 1 amide bonds. The zero-order valence-electron chi connectivity index (χ0n) is 17.6. The maximum absolute atomic E-state index is 13.5. The molecule has 0 spiro atoms. The minimum absolute atomic E-state index is 0.108. The Kier molecular flexibility index (Phi) is 6.02. The lowest BCUT2D eigenvalue weighted by molar-refractivity contribution is -0.132. The fourth-order valence-electron chi connectivity index (χ4n) is 3.71. The van der Waals surface area contributed by atoms with E-state index >= 15 is 0 Å². The van der Waals surface area contributed by atoms with Crippen LogP contribution in [0.1, 0.15) is 17.3 Å². The summed E-state index contributed by atoms with van der Waals surface area (Å²) in [6, 6.07) is 11.9. The van der Waals surface area contributed by atoms with Gasteiger partial charge in [0.2, 0.25) is 0 Å². The number of hydrogen-bond acceptors (Lipinski definition) is 6. The number of nitrogens with zero attached hydrogens (tertiary/aromatic N) is 2. The van der Waals surface area contributed by atoms with E-state index in [9.17, 15) is 19.1 Å². The number of aliphatic hydroxyl groups is 1. The molecule has 1 unspecified atom stereocenters. The number of pyridine rings is 1. The van der Waals surface area contributed by atoms with Crippen LogP contribution in [0.15, 0.2) is 66.4 Å². The Morgan fingerprint density at radius 2 is 1.76 bits per heavy atom. The Balaban J connectivity index is 1.98. The molecule has 4 rings (SSSR count). The Labute approximate surface area is 193 Å². The van der Waals surface area contributed by atoms with Crippen LogP contribution in [0.2, 0.25) is 5.02 Å². The fourth-order valence-corrected chi connectivity index (χ4v) is 3.94. The van der Waals surface area contributed by atoms with Crippen molar-refractivity contribution in [2.24, 2.45) is 0 Å². The van der Waals surface area contributed by atoms with Crippen molar-refractivity contribution < 1.29 is 28.6 Å². The quantitative estimate of drug-likeness (QED) is 0.336. The molecular weight excluding hydrogens is 451 g/mol. The van der Waals surface area contributed by atoms with Crippen LogP contribution in [0.25, 0.3) is 5.76 Å². The summed E-state index contributed by atoms with van der Waals surface area (Å²) in [7, 11) is 2.78. The van der Waals surface area contributed by atoms with Crippen molar-refractivity contribution in [3.05, 3.63) is 88.5 Å². The Morgan fingerprint density at radius 1 is 1.06 bits per heavy atom. The zero-order valence-corrected chi connectivity index (χ0v) is 18.3. The van der Waals surface area contributed by atoms with Gasteiger partial charge in [0.15, 0.2) is 0 Å². The van der Waals surface area contributed by atoms with E-state index in [1.807, 2.05) is 0 Å². The number of ketones is 1. The van der Waals surface area contributed by atoms with Crippen LogP contribution in [-0.2, 0) is 9.59 Å². The third kappa shape index (κ3) is 3.89. The summed E-state index contributed by atoms with van der Waals surface area (Å²) in [5.74, 6) is -2.39. The number of ether oxygens (including phenoxy) is 2. The molecule has 1 saturated heterocycles. The number of aliphatic hydroxyl groups excluding tert-OH is 1. The molecule has 2 aromatic carbocycles. The smallest absolute Gasteiger partial charge is 0.300 e. The number of halogens is 2. The van der Waals surface area contributed by atoms with E-state index in [0.29, 0.717) is 5.69 Å². The van der Waals surface area contributed by atoms with E-state index in [1.54, 1.807) is 18.2 Å². The topological polar surface area (TPSA) is 89.0 Å². The van der Waals surface area contributed by atoms with Gasteiger partial charge in [-0.2, -0.15) is 0 Å². The molecule has 0 saturated carbocycles. The van der Waals surface area contributed by atoms with Gasteiger partial charge in [0.1, 0.15) is 29.1 Å². The maximum Gasteiger partial charge on any atom is 0.300 e. The van der Waals surface area contributed by atoms with Gasteiger partial charge in [-0.25, -0.2) is 4.39 Å². The molecule has 1 N–H and O–H groups in total. The number of anilines is 1. The summed E-state index contributed by atoms with van der Waals surface area (Å²) in [6.07, 6.45) is 1.51. The highest BCUT2D eigenvalue weighted by Crippen LogP contribution is 2.44. The van der Waals surface area contributed by atoms with E-state index in [0.717, 1.165) is 0 Å². The van der Waals surface area contributed by atoms with Gasteiger partial charge in [-0.3, -0.25) is 19.5 Å². The second-order valence-corrected chi connectivity index (χ2v) is 7.49. The van der Waals surface area contributed by atoms with Crippen LogP contribution in [-0.4, -0.2) is 36.0 Å². The standard InChI is InChI=1S/C24H18ClFN2O5/c1-32-18-12-16(25)19(33-2)11-15(18)22(29)20-21(17-5-3-4-10-27-17)28(24(31)23(20)30)14-8-6-13(26)7-9-14/h3-12,21,29H,1-2H3/b22-20+. The highest BCUT2D eigenvalue weighted by Gasteiger charge is 2.48. The molecule has 0 aliphatic carbocycles.